The van der Waals surface area contributed by atoms with Crippen LogP contribution in [0, 0.1) is 5.92 Å². The van der Waals surface area contributed by atoms with Crippen LogP contribution in [0.15, 0.2) is 0 Å². The summed E-state index contributed by atoms with van der Waals surface area (Å²) in [5, 5.41) is 0. The highest BCUT2D eigenvalue weighted by molar-refractivity contribution is 4.49. The van der Waals surface area contributed by atoms with Crippen molar-refractivity contribution in [2.45, 2.75) is 60.3 Å². The van der Waals surface area contributed by atoms with E-state index in [9.17, 15) is 0 Å². The lowest BCUT2D eigenvalue weighted by Gasteiger charge is -2.05. The molecule has 0 N–H and O–H groups in total. The van der Waals surface area contributed by atoms with Crippen molar-refractivity contribution in [3.8, 4) is 0 Å². The van der Waals surface area contributed by atoms with Crippen LogP contribution in [-0.4, -0.2) is 0 Å². The van der Waals surface area contributed by atoms with Crippen molar-refractivity contribution in [1.29, 1.82) is 0 Å². The van der Waals surface area contributed by atoms with Gasteiger partial charge in [0.2, 0.25) is 0 Å². The number of rotatable bonds is 5. The van der Waals surface area contributed by atoms with Gasteiger partial charge in [-0.3, -0.25) is 0 Å². The highest BCUT2D eigenvalue weighted by atomic mass is 14.0. The molecule has 1 atom stereocenters. The van der Waals surface area contributed by atoms with Gasteiger partial charge in [0, 0.05) is 0 Å². The predicted octanol–water partition coefficient (Wildman–Crippen LogP) is 4.25. The van der Waals surface area contributed by atoms with Crippen LogP contribution in [0.3, 0.4) is 0 Å². The fourth-order valence-electron chi connectivity index (χ4n) is 0.947. The molecule has 0 bridgehead atoms. The van der Waals surface area contributed by atoms with Crippen LogP contribution in [0.4, 0.5) is 0 Å². The Morgan fingerprint density at radius 3 is 2.10 bits per heavy atom. The van der Waals surface area contributed by atoms with E-state index in [0.717, 1.165) is 5.92 Å². The maximum Gasteiger partial charge on any atom is -0.0445 e. The third-order valence-electron chi connectivity index (χ3n) is 2.00. The first-order valence-electron chi connectivity index (χ1n) is 4.31. The van der Waals surface area contributed by atoms with Gasteiger partial charge in [-0.15, -0.1) is 0 Å². The number of unbranched alkanes of at least 4 members (excludes halogenated alkanes) is 2. The van der Waals surface area contributed by atoms with E-state index in [-0.39, 0.29) is 7.43 Å². The second kappa shape index (κ2) is 9.00. The van der Waals surface area contributed by atoms with Crippen molar-refractivity contribution in [2.75, 3.05) is 0 Å². The smallest absolute Gasteiger partial charge is 0.0445 e. The van der Waals surface area contributed by atoms with Gasteiger partial charge in [-0.2, -0.15) is 0 Å². The topological polar surface area (TPSA) is 0 Å². The molecule has 0 spiro atoms. The molecule has 0 aliphatic carbocycles. The summed E-state index contributed by atoms with van der Waals surface area (Å²) in [6.45, 7) is 6.88. The summed E-state index contributed by atoms with van der Waals surface area (Å²) in [5.74, 6) is 0.955. The summed E-state index contributed by atoms with van der Waals surface area (Å²) in [7, 11) is 0. The van der Waals surface area contributed by atoms with Gasteiger partial charge in [0.05, 0.1) is 0 Å². The first-order valence-corrected chi connectivity index (χ1v) is 4.31. The maximum atomic E-state index is 2.34. The monoisotopic (exact) mass is 144 g/mol. The molecule has 0 heterocycles. The molecule has 10 heavy (non-hydrogen) atoms. The molecular weight excluding hydrogens is 120 g/mol. The summed E-state index contributed by atoms with van der Waals surface area (Å²) < 4.78 is 0. The molecule has 0 aromatic rings. The van der Waals surface area contributed by atoms with E-state index in [1.54, 1.807) is 0 Å². The van der Waals surface area contributed by atoms with Crippen LogP contribution < -0.4 is 0 Å². The second-order valence-corrected chi connectivity index (χ2v) is 3.01. The molecule has 0 heteroatoms. The van der Waals surface area contributed by atoms with Crippen LogP contribution in [0.5, 0.6) is 0 Å². The van der Waals surface area contributed by atoms with Crippen molar-refractivity contribution in [2.24, 2.45) is 5.92 Å². The molecule has 0 rings (SSSR count). The first-order chi connectivity index (χ1) is 4.31. The van der Waals surface area contributed by atoms with Crippen molar-refractivity contribution in [3.63, 3.8) is 0 Å². The summed E-state index contributed by atoms with van der Waals surface area (Å²) in [4.78, 5) is 0. The highest BCUT2D eigenvalue weighted by Gasteiger charge is 1.95. The van der Waals surface area contributed by atoms with Crippen LogP contribution in [0.1, 0.15) is 60.3 Å². The zero-order valence-corrected chi connectivity index (χ0v) is 7.11. The van der Waals surface area contributed by atoms with E-state index in [4.69, 9.17) is 0 Å². The SMILES string of the molecule is C.CCCCC[C@H](C)CC. The van der Waals surface area contributed by atoms with E-state index < -0.39 is 0 Å². The van der Waals surface area contributed by atoms with Gasteiger partial charge in [0.1, 0.15) is 0 Å². The van der Waals surface area contributed by atoms with Crippen LogP contribution in [-0.2, 0) is 0 Å². The van der Waals surface area contributed by atoms with E-state index in [1.807, 2.05) is 0 Å². The van der Waals surface area contributed by atoms with E-state index >= 15 is 0 Å². The normalized spacial score (nSPS) is 12.3. The van der Waals surface area contributed by atoms with Crippen molar-refractivity contribution < 1.29 is 0 Å². The second-order valence-electron chi connectivity index (χ2n) is 3.01. The van der Waals surface area contributed by atoms with Crippen molar-refractivity contribution >= 4 is 0 Å². The Balaban J connectivity index is 0. The van der Waals surface area contributed by atoms with Crippen LogP contribution in [0.2, 0.25) is 0 Å². The first kappa shape index (κ1) is 12.7. The molecule has 64 valence electrons. The molecule has 0 aromatic carbocycles. The Kier molecular flexibility index (Phi) is 11.4. The Bertz CT molecular complexity index is 48.0. The lowest BCUT2D eigenvalue weighted by atomic mass is 10.0. The van der Waals surface area contributed by atoms with Gasteiger partial charge < -0.3 is 0 Å². The van der Waals surface area contributed by atoms with Gasteiger partial charge in [0.25, 0.3) is 0 Å². The standard InChI is InChI=1S/C9H20.CH4/c1-4-6-7-8-9(3)5-2;/h9H,4-8H2,1-3H3;1H4/t9-;/m1./s1. The number of hydrogen-bond acceptors (Lipinski definition) is 0. The fraction of sp³-hybridized carbons (Fsp3) is 1.00. The molecular formula is C10H24. The summed E-state index contributed by atoms with van der Waals surface area (Å²) in [6.07, 6.45) is 7.00. The van der Waals surface area contributed by atoms with Crippen molar-refractivity contribution in [3.05, 3.63) is 0 Å². The highest BCUT2D eigenvalue weighted by Crippen LogP contribution is 2.11. The quantitative estimate of drug-likeness (QED) is 0.506. The fourth-order valence-corrected chi connectivity index (χ4v) is 0.947. The lowest BCUT2D eigenvalue weighted by Crippen LogP contribution is -1.90. The average molecular weight is 144 g/mol. The Morgan fingerprint density at radius 1 is 1.10 bits per heavy atom. The third kappa shape index (κ3) is 8.00. The molecule has 0 aliphatic heterocycles. The molecule has 0 saturated carbocycles. The number of hydrogen-bond donors (Lipinski definition) is 0. The van der Waals surface area contributed by atoms with Gasteiger partial charge in [-0.05, 0) is 5.92 Å². The van der Waals surface area contributed by atoms with Gasteiger partial charge in [0.15, 0.2) is 0 Å². The van der Waals surface area contributed by atoms with Gasteiger partial charge >= 0.3 is 0 Å². The van der Waals surface area contributed by atoms with Crippen LogP contribution >= 0.6 is 0 Å². The average Bonchev–Trinajstić information content (AvgIpc) is 1.89. The minimum absolute atomic E-state index is 0. The van der Waals surface area contributed by atoms with E-state index in [1.165, 1.54) is 32.1 Å². The van der Waals surface area contributed by atoms with Gasteiger partial charge in [-0.25, -0.2) is 0 Å². The van der Waals surface area contributed by atoms with Gasteiger partial charge in [-0.1, -0.05) is 60.3 Å². The minimum Gasteiger partial charge on any atom is -0.0776 e. The molecule has 0 nitrogen and oxygen atoms in total. The Morgan fingerprint density at radius 2 is 1.70 bits per heavy atom. The molecule has 0 unspecified atom stereocenters. The summed E-state index contributed by atoms with van der Waals surface area (Å²) in [5.41, 5.74) is 0. The minimum atomic E-state index is 0. The lowest BCUT2D eigenvalue weighted by molar-refractivity contribution is 0.482. The summed E-state index contributed by atoms with van der Waals surface area (Å²) in [6, 6.07) is 0. The Hall–Kier alpha value is 0. The van der Waals surface area contributed by atoms with E-state index in [2.05, 4.69) is 20.8 Å². The molecule has 0 aromatic heterocycles. The largest absolute Gasteiger partial charge is 0.0776 e. The molecule has 0 radical (unpaired) electrons. The van der Waals surface area contributed by atoms with Crippen LogP contribution in [0.25, 0.3) is 0 Å². The zero-order valence-electron chi connectivity index (χ0n) is 7.11. The molecule has 0 fully saturated rings. The predicted molar refractivity (Wildman–Crippen MR) is 50.3 cm³/mol. The van der Waals surface area contributed by atoms with E-state index in [0.29, 0.717) is 0 Å². The maximum absolute atomic E-state index is 2.34. The van der Waals surface area contributed by atoms with Crippen molar-refractivity contribution in [1.82, 2.24) is 0 Å². The molecule has 0 amide bonds. The Labute approximate surface area is 67.0 Å². The third-order valence-corrected chi connectivity index (χ3v) is 2.00. The zero-order chi connectivity index (χ0) is 7.11. The molecule has 0 saturated heterocycles. The summed E-state index contributed by atoms with van der Waals surface area (Å²) >= 11 is 0. The molecule has 0 aliphatic rings.